The van der Waals surface area contributed by atoms with Gasteiger partial charge in [-0.25, -0.2) is 0 Å². The molecule has 0 fully saturated rings. The summed E-state index contributed by atoms with van der Waals surface area (Å²) in [5.41, 5.74) is 4.46. The van der Waals surface area contributed by atoms with Crippen LogP contribution >= 0.6 is 11.3 Å². The van der Waals surface area contributed by atoms with Gasteiger partial charge in [-0.3, -0.25) is 4.79 Å². The number of thiophene rings is 1. The highest BCUT2D eigenvalue weighted by molar-refractivity contribution is 7.18. The molecule has 0 saturated heterocycles. The highest BCUT2D eigenvalue weighted by Gasteiger charge is 2.16. The molecule has 1 atom stereocenters. The van der Waals surface area contributed by atoms with Crippen LogP contribution in [0, 0.1) is 18.3 Å². The molecule has 1 aromatic heterocycles. The van der Waals surface area contributed by atoms with Crippen molar-refractivity contribution in [1.82, 2.24) is 0 Å². The molecule has 1 unspecified atom stereocenters. The highest BCUT2D eigenvalue weighted by atomic mass is 32.1. The molecule has 5 heteroatoms. The van der Waals surface area contributed by atoms with Gasteiger partial charge in [0.15, 0.2) is 0 Å². The van der Waals surface area contributed by atoms with E-state index >= 15 is 0 Å². The molecule has 0 radical (unpaired) electrons. The SMILES string of the molecule is CCCOc1ccc(-c2ccc(-c3ccc(C(C)C(=O)O)cc3C)s2)cc1C#N. The molecule has 0 bridgehead atoms. The topological polar surface area (TPSA) is 70.3 Å². The number of ether oxygens (including phenoxy) is 1. The third-order valence-electron chi connectivity index (χ3n) is 4.84. The minimum Gasteiger partial charge on any atom is -0.492 e. The van der Waals surface area contributed by atoms with E-state index in [2.05, 4.69) is 18.2 Å². The first-order chi connectivity index (χ1) is 13.9. The number of nitrogens with zero attached hydrogens (tertiary/aromatic N) is 1. The Kier molecular flexibility index (Phi) is 6.36. The minimum atomic E-state index is -0.824. The van der Waals surface area contributed by atoms with Crippen LogP contribution in [-0.2, 0) is 4.79 Å². The standard InChI is InChI=1S/C24H23NO3S/c1-4-11-28-21-8-6-18(13-19(21)14-25)22-9-10-23(29-22)20-7-5-17(12-15(20)2)16(3)24(26)27/h5-10,12-13,16H,4,11H2,1-3H3,(H,26,27). The van der Waals surface area contributed by atoms with E-state index in [1.165, 1.54) is 0 Å². The second-order valence-corrected chi connectivity index (χ2v) is 8.05. The van der Waals surface area contributed by atoms with Crippen molar-refractivity contribution in [2.24, 2.45) is 0 Å². The van der Waals surface area contributed by atoms with Crippen molar-refractivity contribution in [2.45, 2.75) is 33.1 Å². The van der Waals surface area contributed by atoms with E-state index in [9.17, 15) is 15.2 Å². The normalized spacial score (nSPS) is 11.7. The van der Waals surface area contributed by atoms with Gasteiger partial charge in [-0.05, 0) is 72.9 Å². The highest BCUT2D eigenvalue weighted by Crippen LogP contribution is 2.38. The van der Waals surface area contributed by atoms with E-state index in [1.807, 2.05) is 50.2 Å². The predicted molar refractivity (Wildman–Crippen MR) is 116 cm³/mol. The Hall–Kier alpha value is -3.10. The molecule has 29 heavy (non-hydrogen) atoms. The lowest BCUT2D eigenvalue weighted by Gasteiger charge is -2.10. The summed E-state index contributed by atoms with van der Waals surface area (Å²) in [6, 6.07) is 17.9. The van der Waals surface area contributed by atoms with Crippen molar-refractivity contribution >= 4 is 17.3 Å². The summed E-state index contributed by atoms with van der Waals surface area (Å²) >= 11 is 1.65. The summed E-state index contributed by atoms with van der Waals surface area (Å²) < 4.78 is 5.64. The van der Waals surface area contributed by atoms with Crippen molar-refractivity contribution in [3.05, 3.63) is 65.2 Å². The lowest BCUT2D eigenvalue weighted by atomic mass is 9.96. The monoisotopic (exact) mass is 405 g/mol. The summed E-state index contributed by atoms with van der Waals surface area (Å²) in [7, 11) is 0. The van der Waals surface area contributed by atoms with Gasteiger partial charge in [-0.1, -0.05) is 25.1 Å². The van der Waals surface area contributed by atoms with E-state index < -0.39 is 11.9 Å². The summed E-state index contributed by atoms with van der Waals surface area (Å²) in [6.45, 7) is 6.32. The zero-order valence-corrected chi connectivity index (χ0v) is 17.5. The third-order valence-corrected chi connectivity index (χ3v) is 6.01. The largest absolute Gasteiger partial charge is 0.492 e. The van der Waals surface area contributed by atoms with E-state index in [1.54, 1.807) is 18.3 Å². The third kappa shape index (κ3) is 4.49. The Morgan fingerprint density at radius 3 is 2.59 bits per heavy atom. The maximum absolute atomic E-state index is 11.2. The van der Waals surface area contributed by atoms with Crippen LogP contribution in [-0.4, -0.2) is 17.7 Å². The molecule has 4 nitrogen and oxygen atoms in total. The Bertz CT molecular complexity index is 1080. The number of nitriles is 1. The molecule has 0 saturated carbocycles. The number of carboxylic acid groups (broad SMARTS) is 1. The van der Waals surface area contributed by atoms with Crippen LogP contribution in [0.3, 0.4) is 0 Å². The molecule has 1 heterocycles. The van der Waals surface area contributed by atoms with E-state index in [4.69, 9.17) is 4.74 Å². The van der Waals surface area contributed by atoms with Gasteiger partial charge in [0.05, 0.1) is 18.1 Å². The van der Waals surface area contributed by atoms with Crippen LogP contribution in [0.2, 0.25) is 0 Å². The summed E-state index contributed by atoms with van der Waals surface area (Å²) in [5.74, 6) is -0.733. The molecule has 0 aliphatic heterocycles. The quantitative estimate of drug-likeness (QED) is 0.505. The second-order valence-electron chi connectivity index (χ2n) is 6.97. The molecule has 3 aromatic rings. The van der Waals surface area contributed by atoms with Crippen molar-refractivity contribution in [3.63, 3.8) is 0 Å². The van der Waals surface area contributed by atoms with Crippen LogP contribution in [0.4, 0.5) is 0 Å². The number of hydrogen-bond donors (Lipinski definition) is 1. The molecule has 0 spiro atoms. The van der Waals surface area contributed by atoms with Gasteiger partial charge < -0.3 is 9.84 Å². The van der Waals surface area contributed by atoms with E-state index in [-0.39, 0.29) is 0 Å². The van der Waals surface area contributed by atoms with E-state index in [0.717, 1.165) is 38.4 Å². The first kappa shape index (κ1) is 20.6. The van der Waals surface area contributed by atoms with Crippen LogP contribution in [0.25, 0.3) is 20.9 Å². The number of carbonyl (C=O) groups is 1. The minimum absolute atomic E-state index is 0.528. The first-order valence-corrected chi connectivity index (χ1v) is 10.4. The van der Waals surface area contributed by atoms with Crippen LogP contribution in [0.1, 0.15) is 42.9 Å². The van der Waals surface area contributed by atoms with Gasteiger partial charge in [0, 0.05) is 9.75 Å². The smallest absolute Gasteiger partial charge is 0.310 e. The predicted octanol–water partition coefficient (Wildman–Crippen LogP) is 6.24. The number of carboxylic acids is 1. The van der Waals surface area contributed by atoms with Crippen LogP contribution < -0.4 is 4.74 Å². The summed E-state index contributed by atoms with van der Waals surface area (Å²) in [4.78, 5) is 13.4. The zero-order valence-electron chi connectivity index (χ0n) is 16.7. The molecule has 0 aliphatic carbocycles. The maximum atomic E-state index is 11.2. The lowest BCUT2D eigenvalue weighted by Crippen LogP contribution is -2.07. The van der Waals surface area contributed by atoms with Crippen molar-refractivity contribution in [1.29, 1.82) is 5.26 Å². The average molecular weight is 406 g/mol. The van der Waals surface area contributed by atoms with E-state index in [0.29, 0.717) is 17.9 Å². The number of rotatable bonds is 7. The average Bonchev–Trinajstić information content (AvgIpc) is 3.21. The Labute approximate surface area is 175 Å². The van der Waals surface area contributed by atoms with Gasteiger partial charge in [0.25, 0.3) is 0 Å². The first-order valence-electron chi connectivity index (χ1n) is 9.55. The fourth-order valence-electron chi connectivity index (χ4n) is 3.12. The molecular formula is C24H23NO3S. The second kappa shape index (κ2) is 8.93. The van der Waals surface area contributed by atoms with Crippen LogP contribution in [0.5, 0.6) is 5.75 Å². The molecule has 2 aromatic carbocycles. The van der Waals surface area contributed by atoms with Gasteiger partial charge in [0.2, 0.25) is 0 Å². The van der Waals surface area contributed by atoms with Gasteiger partial charge >= 0.3 is 5.97 Å². The van der Waals surface area contributed by atoms with Crippen molar-refractivity contribution in [2.75, 3.05) is 6.61 Å². The Morgan fingerprint density at radius 1 is 1.17 bits per heavy atom. The maximum Gasteiger partial charge on any atom is 0.310 e. The number of aliphatic carboxylic acids is 1. The fourth-order valence-corrected chi connectivity index (χ4v) is 4.21. The summed E-state index contributed by atoms with van der Waals surface area (Å²) in [5, 5.41) is 18.7. The zero-order chi connectivity index (χ0) is 21.0. The fraction of sp³-hybridized carbons (Fsp3) is 0.250. The van der Waals surface area contributed by atoms with Gasteiger partial charge in [0.1, 0.15) is 11.8 Å². The molecule has 0 amide bonds. The van der Waals surface area contributed by atoms with Crippen molar-refractivity contribution in [3.8, 4) is 32.7 Å². The Balaban J connectivity index is 1.90. The Morgan fingerprint density at radius 2 is 1.93 bits per heavy atom. The number of hydrogen-bond acceptors (Lipinski definition) is 4. The molecule has 0 aliphatic rings. The number of benzene rings is 2. The van der Waals surface area contributed by atoms with Crippen molar-refractivity contribution < 1.29 is 14.6 Å². The number of aryl methyl sites for hydroxylation is 1. The lowest BCUT2D eigenvalue weighted by molar-refractivity contribution is -0.138. The molecule has 148 valence electrons. The summed E-state index contributed by atoms with van der Waals surface area (Å²) in [6.07, 6.45) is 0.893. The van der Waals surface area contributed by atoms with Crippen LogP contribution in [0.15, 0.2) is 48.5 Å². The molecular weight excluding hydrogens is 382 g/mol. The van der Waals surface area contributed by atoms with Gasteiger partial charge in [-0.2, -0.15) is 5.26 Å². The van der Waals surface area contributed by atoms with Gasteiger partial charge in [-0.15, -0.1) is 11.3 Å². The molecule has 1 N–H and O–H groups in total. The molecule has 3 rings (SSSR count).